The van der Waals surface area contributed by atoms with Crippen LogP contribution in [0.25, 0.3) is 0 Å². The highest BCUT2D eigenvalue weighted by atomic mass is 19.4. The molecule has 2 aromatic rings. The van der Waals surface area contributed by atoms with Crippen LogP contribution in [-0.4, -0.2) is 47.2 Å². The third-order valence-corrected chi connectivity index (χ3v) is 5.57. The fourth-order valence-electron chi connectivity index (χ4n) is 3.95. The second-order valence-corrected chi connectivity index (χ2v) is 8.20. The quantitative estimate of drug-likeness (QED) is 0.633. The number of amidine groups is 1. The molecule has 0 aliphatic carbocycles. The van der Waals surface area contributed by atoms with Crippen LogP contribution in [0.1, 0.15) is 31.9 Å². The van der Waals surface area contributed by atoms with E-state index >= 15 is 0 Å². The van der Waals surface area contributed by atoms with Crippen molar-refractivity contribution in [1.82, 2.24) is 9.80 Å². The molecule has 164 valence electrons. The second-order valence-electron chi connectivity index (χ2n) is 8.20. The number of rotatable bonds is 1. The highest BCUT2D eigenvalue weighted by Gasteiger charge is 2.34. The van der Waals surface area contributed by atoms with Gasteiger partial charge in [0.05, 0.1) is 11.1 Å². The zero-order chi connectivity index (χ0) is 22.3. The second kappa shape index (κ2) is 7.90. The monoisotopic (exact) mass is 431 g/mol. The number of benzene rings is 2. The minimum absolute atomic E-state index is 0.0187. The Bertz CT molecular complexity index is 1030. The summed E-state index contributed by atoms with van der Waals surface area (Å²) < 4.78 is 45.4. The van der Waals surface area contributed by atoms with Crippen LogP contribution in [0.2, 0.25) is 0 Å². The molecular formula is C23H24F3N3O2. The Kier molecular flexibility index (Phi) is 5.41. The SMILES string of the molecule is CC(C)C(=O)N1CCN(C2=Nc3ccc(C(F)(F)F)cc3Oc3ccccc32)CC1C. The molecular weight excluding hydrogens is 407 g/mol. The van der Waals surface area contributed by atoms with E-state index in [0.717, 1.165) is 12.1 Å². The van der Waals surface area contributed by atoms with Crippen LogP contribution in [0.3, 0.4) is 0 Å². The highest BCUT2D eigenvalue weighted by Crippen LogP contribution is 2.42. The van der Waals surface area contributed by atoms with Gasteiger partial charge in [-0.1, -0.05) is 26.0 Å². The highest BCUT2D eigenvalue weighted by molar-refractivity contribution is 6.04. The lowest BCUT2D eigenvalue weighted by Gasteiger charge is -2.42. The standard InChI is InChI=1S/C23H24F3N3O2/c1-14(2)22(30)29-11-10-28(13-15(29)3)21-17-6-4-5-7-19(17)31-20-12-16(23(24,25)26)8-9-18(20)27-21/h4-9,12,14-15H,10-11,13H2,1-3H3. The van der Waals surface area contributed by atoms with E-state index in [1.807, 2.05) is 37.8 Å². The molecule has 0 saturated carbocycles. The van der Waals surface area contributed by atoms with E-state index in [1.165, 1.54) is 6.07 Å². The fourth-order valence-corrected chi connectivity index (χ4v) is 3.95. The molecule has 31 heavy (non-hydrogen) atoms. The molecule has 8 heteroatoms. The van der Waals surface area contributed by atoms with Crippen molar-refractivity contribution >= 4 is 17.4 Å². The molecule has 1 fully saturated rings. The van der Waals surface area contributed by atoms with Gasteiger partial charge in [-0.2, -0.15) is 13.2 Å². The maximum Gasteiger partial charge on any atom is 0.416 e. The van der Waals surface area contributed by atoms with Gasteiger partial charge >= 0.3 is 6.18 Å². The van der Waals surface area contributed by atoms with E-state index in [-0.39, 0.29) is 23.6 Å². The fraction of sp³-hybridized carbons (Fsp3) is 0.391. The van der Waals surface area contributed by atoms with Crippen molar-refractivity contribution in [3.63, 3.8) is 0 Å². The molecule has 0 spiro atoms. The lowest BCUT2D eigenvalue weighted by atomic mass is 10.1. The van der Waals surface area contributed by atoms with Gasteiger partial charge in [0.15, 0.2) is 5.75 Å². The smallest absolute Gasteiger partial charge is 0.416 e. The molecule has 2 aliphatic heterocycles. The van der Waals surface area contributed by atoms with Crippen molar-refractivity contribution in [2.45, 2.75) is 33.0 Å². The van der Waals surface area contributed by atoms with Crippen molar-refractivity contribution in [2.75, 3.05) is 19.6 Å². The summed E-state index contributed by atoms with van der Waals surface area (Å²) in [6, 6.07) is 10.5. The van der Waals surface area contributed by atoms with Gasteiger partial charge in [-0.25, -0.2) is 4.99 Å². The van der Waals surface area contributed by atoms with Crippen LogP contribution < -0.4 is 4.74 Å². The Morgan fingerprint density at radius 1 is 1.13 bits per heavy atom. The summed E-state index contributed by atoms with van der Waals surface area (Å²) in [6.07, 6.45) is -4.47. The molecule has 4 rings (SSSR count). The van der Waals surface area contributed by atoms with E-state index in [0.29, 0.717) is 42.5 Å². The van der Waals surface area contributed by atoms with Crippen molar-refractivity contribution in [3.05, 3.63) is 53.6 Å². The first kappa shape index (κ1) is 21.2. The molecule has 0 N–H and O–H groups in total. The maximum atomic E-state index is 13.2. The maximum absolute atomic E-state index is 13.2. The van der Waals surface area contributed by atoms with Crippen molar-refractivity contribution < 1.29 is 22.7 Å². The number of para-hydroxylation sites is 1. The van der Waals surface area contributed by atoms with E-state index in [2.05, 4.69) is 4.90 Å². The first-order valence-corrected chi connectivity index (χ1v) is 10.3. The normalized spacial score (nSPS) is 18.7. The molecule has 1 saturated heterocycles. The number of hydrogen-bond donors (Lipinski definition) is 0. The molecule has 2 heterocycles. The van der Waals surface area contributed by atoms with Crippen LogP contribution in [0.15, 0.2) is 47.5 Å². The minimum atomic E-state index is -4.47. The zero-order valence-electron chi connectivity index (χ0n) is 17.6. The predicted octanol–water partition coefficient (Wildman–Crippen LogP) is 5.08. The minimum Gasteiger partial charge on any atom is -0.454 e. The molecule has 1 amide bonds. The number of hydrogen-bond acceptors (Lipinski definition) is 4. The number of fused-ring (bicyclic) bond motifs is 2. The molecule has 0 aromatic heterocycles. The number of alkyl halides is 3. The zero-order valence-corrected chi connectivity index (χ0v) is 17.6. The lowest BCUT2D eigenvalue weighted by molar-refractivity contribution is -0.138. The molecule has 1 unspecified atom stereocenters. The number of amides is 1. The van der Waals surface area contributed by atoms with Crippen LogP contribution in [0, 0.1) is 5.92 Å². The molecule has 0 bridgehead atoms. The van der Waals surface area contributed by atoms with Crippen LogP contribution in [0.4, 0.5) is 18.9 Å². The third kappa shape index (κ3) is 4.11. The first-order chi connectivity index (χ1) is 14.6. The van der Waals surface area contributed by atoms with Crippen molar-refractivity contribution in [2.24, 2.45) is 10.9 Å². The summed E-state index contributed by atoms with van der Waals surface area (Å²) in [5.41, 5.74) is 0.271. The average Bonchev–Trinajstić information content (AvgIpc) is 2.88. The Labute approximate surface area is 179 Å². The van der Waals surface area contributed by atoms with Gasteiger partial charge in [0.25, 0.3) is 0 Å². The van der Waals surface area contributed by atoms with Crippen molar-refractivity contribution in [1.29, 1.82) is 0 Å². The van der Waals surface area contributed by atoms with E-state index < -0.39 is 11.7 Å². The number of carbonyl (C=O) groups excluding carboxylic acids is 1. The van der Waals surface area contributed by atoms with Gasteiger partial charge in [-0.3, -0.25) is 4.79 Å². The average molecular weight is 431 g/mol. The summed E-state index contributed by atoms with van der Waals surface area (Å²) in [5.74, 6) is 1.20. The van der Waals surface area contributed by atoms with Gasteiger partial charge in [0, 0.05) is 31.6 Å². The van der Waals surface area contributed by atoms with E-state index in [9.17, 15) is 18.0 Å². The third-order valence-electron chi connectivity index (χ3n) is 5.57. The number of halogens is 3. The van der Waals surface area contributed by atoms with Gasteiger partial charge < -0.3 is 14.5 Å². The lowest BCUT2D eigenvalue weighted by Crippen LogP contribution is -2.56. The molecule has 2 aliphatic rings. The summed E-state index contributed by atoms with van der Waals surface area (Å²) in [6.45, 7) is 7.47. The number of carbonyl (C=O) groups is 1. The van der Waals surface area contributed by atoms with Crippen LogP contribution >= 0.6 is 0 Å². The number of ether oxygens (including phenoxy) is 1. The van der Waals surface area contributed by atoms with Crippen LogP contribution in [-0.2, 0) is 11.0 Å². The van der Waals surface area contributed by atoms with Crippen LogP contribution in [0.5, 0.6) is 11.5 Å². The molecule has 2 aromatic carbocycles. The predicted molar refractivity (Wildman–Crippen MR) is 112 cm³/mol. The van der Waals surface area contributed by atoms with E-state index in [1.54, 1.807) is 12.1 Å². The molecule has 1 atom stereocenters. The Balaban J connectivity index is 1.72. The largest absolute Gasteiger partial charge is 0.454 e. The number of aliphatic imine (C=N–C) groups is 1. The molecule has 5 nitrogen and oxygen atoms in total. The number of piperazine rings is 1. The van der Waals surface area contributed by atoms with Gasteiger partial charge in [0.2, 0.25) is 5.91 Å². The summed E-state index contributed by atoms with van der Waals surface area (Å²) in [5, 5.41) is 0. The number of nitrogens with zero attached hydrogens (tertiary/aromatic N) is 3. The Hall–Kier alpha value is -3.03. The summed E-state index contributed by atoms with van der Waals surface area (Å²) in [7, 11) is 0. The topological polar surface area (TPSA) is 45.1 Å². The summed E-state index contributed by atoms with van der Waals surface area (Å²) in [4.78, 5) is 21.2. The Morgan fingerprint density at radius 3 is 2.55 bits per heavy atom. The first-order valence-electron chi connectivity index (χ1n) is 10.3. The Morgan fingerprint density at radius 2 is 1.87 bits per heavy atom. The van der Waals surface area contributed by atoms with Gasteiger partial charge in [-0.15, -0.1) is 0 Å². The summed E-state index contributed by atoms with van der Waals surface area (Å²) >= 11 is 0. The van der Waals surface area contributed by atoms with Gasteiger partial charge in [-0.05, 0) is 37.3 Å². The van der Waals surface area contributed by atoms with Crippen molar-refractivity contribution in [3.8, 4) is 11.5 Å². The van der Waals surface area contributed by atoms with E-state index in [4.69, 9.17) is 9.73 Å². The van der Waals surface area contributed by atoms with Gasteiger partial charge in [0.1, 0.15) is 17.3 Å². The molecule has 0 radical (unpaired) electrons.